The Labute approximate surface area is 146 Å². The smallest absolute Gasteiger partial charge is 0.293 e. The number of ether oxygens (including phenoxy) is 1. The van der Waals surface area contributed by atoms with Gasteiger partial charge in [0.2, 0.25) is 10.0 Å². The molecule has 3 rings (SSSR count). The molecule has 1 heterocycles. The monoisotopic (exact) mass is 370 g/mol. The van der Waals surface area contributed by atoms with E-state index in [1.165, 1.54) is 25.0 Å². The normalized spacial score (nSPS) is 18.2. The summed E-state index contributed by atoms with van der Waals surface area (Å²) in [4.78, 5) is 12.8. The van der Waals surface area contributed by atoms with Crippen molar-refractivity contribution in [3.05, 3.63) is 28.3 Å². The highest BCUT2D eigenvalue weighted by molar-refractivity contribution is 7.89. The van der Waals surface area contributed by atoms with Crippen molar-refractivity contribution in [2.75, 3.05) is 31.6 Å². The molecule has 0 atom stereocenters. The molecule has 3 N–H and O–H groups in total. The van der Waals surface area contributed by atoms with Crippen LogP contribution in [0.5, 0.6) is 0 Å². The molecule has 1 aromatic rings. The van der Waals surface area contributed by atoms with Crippen LogP contribution in [-0.2, 0) is 14.8 Å². The fourth-order valence-electron chi connectivity index (χ4n) is 2.96. The van der Waals surface area contributed by atoms with Crippen molar-refractivity contribution in [1.29, 1.82) is 0 Å². The Morgan fingerprint density at radius 3 is 2.56 bits per heavy atom. The number of rotatable bonds is 9. The number of nitrogens with zero attached hydrogens (tertiary/aromatic N) is 2. The number of primary sulfonamides is 1. The van der Waals surface area contributed by atoms with Crippen molar-refractivity contribution >= 4 is 21.4 Å². The largest absolute Gasteiger partial charge is 0.379 e. The third-order valence-electron chi connectivity index (χ3n) is 4.51. The molecule has 0 aromatic heterocycles. The molecular weight excluding hydrogens is 348 g/mol. The molecule has 9 nitrogen and oxygen atoms in total. The van der Waals surface area contributed by atoms with Gasteiger partial charge in [-0.15, -0.1) is 0 Å². The van der Waals surface area contributed by atoms with E-state index in [4.69, 9.17) is 9.88 Å². The molecule has 1 aromatic carbocycles. The van der Waals surface area contributed by atoms with E-state index in [0.29, 0.717) is 24.3 Å². The minimum atomic E-state index is -3.97. The topological polar surface area (TPSA) is 128 Å². The number of benzene rings is 1. The number of sulfonamides is 1. The van der Waals surface area contributed by atoms with Crippen LogP contribution in [0.1, 0.15) is 19.3 Å². The lowest BCUT2D eigenvalue weighted by Crippen LogP contribution is -2.50. The quantitative estimate of drug-likeness (QED) is 0.375. The third-order valence-corrected chi connectivity index (χ3v) is 5.42. The molecule has 1 aliphatic carbocycles. The molecule has 10 heteroatoms. The van der Waals surface area contributed by atoms with E-state index in [1.807, 2.05) is 0 Å². The zero-order chi connectivity index (χ0) is 18.0. The van der Waals surface area contributed by atoms with Gasteiger partial charge in [0.25, 0.3) is 5.69 Å². The maximum absolute atomic E-state index is 11.3. The number of anilines is 1. The van der Waals surface area contributed by atoms with E-state index < -0.39 is 14.9 Å². The zero-order valence-electron chi connectivity index (χ0n) is 13.8. The average Bonchev–Trinajstić information content (AvgIpc) is 3.31. The van der Waals surface area contributed by atoms with E-state index in [1.54, 1.807) is 0 Å². The molecule has 0 amide bonds. The molecule has 2 fully saturated rings. The van der Waals surface area contributed by atoms with Crippen molar-refractivity contribution in [3.8, 4) is 0 Å². The third kappa shape index (κ3) is 4.46. The van der Waals surface area contributed by atoms with Gasteiger partial charge < -0.3 is 10.1 Å². The number of hydrogen-bond donors (Lipinski definition) is 2. The highest BCUT2D eigenvalue weighted by Gasteiger charge is 2.36. The van der Waals surface area contributed by atoms with Gasteiger partial charge >= 0.3 is 0 Å². The maximum atomic E-state index is 11.3. The SMILES string of the molecule is NS(=O)(=O)c1ccc(NCCCN(C2CC2)C2COC2)c([N+](=O)[O-])c1. The highest BCUT2D eigenvalue weighted by Crippen LogP contribution is 2.31. The van der Waals surface area contributed by atoms with E-state index in [9.17, 15) is 18.5 Å². The fraction of sp³-hybridized carbons (Fsp3) is 0.600. The molecule has 2 aliphatic rings. The lowest BCUT2D eigenvalue weighted by Gasteiger charge is -2.37. The summed E-state index contributed by atoms with van der Waals surface area (Å²) in [7, 11) is -3.97. The number of nitrogens with one attached hydrogen (secondary N) is 1. The Kier molecular flexibility index (Phi) is 5.23. The van der Waals surface area contributed by atoms with Gasteiger partial charge in [-0.2, -0.15) is 0 Å². The maximum Gasteiger partial charge on any atom is 0.293 e. The van der Waals surface area contributed by atoms with Gasteiger partial charge in [-0.05, 0) is 31.4 Å². The first-order chi connectivity index (χ1) is 11.9. The summed E-state index contributed by atoms with van der Waals surface area (Å²) in [6.07, 6.45) is 3.29. The number of nitro groups is 1. The Balaban J connectivity index is 1.57. The molecule has 0 spiro atoms. The first kappa shape index (κ1) is 18.1. The molecule has 1 saturated heterocycles. The predicted octanol–water partition coefficient (Wildman–Crippen LogP) is 0.907. The Morgan fingerprint density at radius 1 is 1.32 bits per heavy atom. The standard InChI is InChI=1S/C15H22N4O5S/c16-25(22,23)13-4-5-14(15(8-13)19(20)21)17-6-1-7-18(11-2-3-11)12-9-24-10-12/h4-5,8,11-12,17H,1-3,6-7,9-10H2,(H2,16,22,23). The lowest BCUT2D eigenvalue weighted by atomic mass is 10.2. The Hall–Kier alpha value is -1.75. The van der Waals surface area contributed by atoms with Crippen LogP contribution in [0.15, 0.2) is 23.1 Å². The molecule has 0 bridgehead atoms. The minimum absolute atomic E-state index is 0.269. The van der Waals surface area contributed by atoms with Crippen LogP contribution in [0, 0.1) is 10.1 Å². The van der Waals surface area contributed by atoms with Gasteiger partial charge in [-0.3, -0.25) is 15.0 Å². The summed E-state index contributed by atoms with van der Waals surface area (Å²) in [5, 5.41) is 19.2. The van der Waals surface area contributed by atoms with E-state index in [-0.39, 0.29) is 10.6 Å². The van der Waals surface area contributed by atoms with Crippen LogP contribution in [0.2, 0.25) is 0 Å². The lowest BCUT2D eigenvalue weighted by molar-refractivity contribution is -0.384. The number of nitrogens with two attached hydrogens (primary N) is 1. The Bertz CT molecular complexity index is 746. The molecule has 138 valence electrons. The molecule has 0 radical (unpaired) electrons. The van der Waals surface area contributed by atoms with Crippen molar-refractivity contribution in [3.63, 3.8) is 0 Å². The minimum Gasteiger partial charge on any atom is -0.379 e. The van der Waals surface area contributed by atoms with Crippen molar-refractivity contribution < 1.29 is 18.1 Å². The van der Waals surface area contributed by atoms with E-state index >= 15 is 0 Å². The highest BCUT2D eigenvalue weighted by atomic mass is 32.2. The molecule has 1 aliphatic heterocycles. The molecule has 1 saturated carbocycles. The second-order valence-electron chi connectivity index (χ2n) is 6.42. The second-order valence-corrected chi connectivity index (χ2v) is 7.98. The van der Waals surface area contributed by atoms with E-state index in [0.717, 1.165) is 32.2 Å². The molecule has 25 heavy (non-hydrogen) atoms. The summed E-state index contributed by atoms with van der Waals surface area (Å²) < 4.78 is 27.9. The van der Waals surface area contributed by atoms with Gasteiger partial charge in [-0.25, -0.2) is 13.6 Å². The first-order valence-electron chi connectivity index (χ1n) is 8.25. The summed E-state index contributed by atoms with van der Waals surface area (Å²) in [5.41, 5.74) is 0.000293. The summed E-state index contributed by atoms with van der Waals surface area (Å²) in [6.45, 7) is 3.04. The van der Waals surface area contributed by atoms with Crippen molar-refractivity contribution in [2.24, 2.45) is 5.14 Å². The predicted molar refractivity (Wildman–Crippen MR) is 91.9 cm³/mol. The average molecular weight is 370 g/mol. The van der Waals surface area contributed by atoms with Gasteiger partial charge in [0.1, 0.15) is 5.69 Å². The van der Waals surface area contributed by atoms with Gasteiger partial charge in [0.05, 0.1) is 29.1 Å². The van der Waals surface area contributed by atoms with Crippen LogP contribution in [0.4, 0.5) is 11.4 Å². The zero-order valence-corrected chi connectivity index (χ0v) is 14.6. The van der Waals surface area contributed by atoms with Crippen LogP contribution >= 0.6 is 0 Å². The van der Waals surface area contributed by atoms with Crippen molar-refractivity contribution in [2.45, 2.75) is 36.2 Å². The summed E-state index contributed by atoms with van der Waals surface area (Å²) in [5.74, 6) is 0. The summed E-state index contributed by atoms with van der Waals surface area (Å²) in [6, 6.07) is 4.79. The first-order valence-corrected chi connectivity index (χ1v) is 9.79. The Morgan fingerprint density at radius 2 is 2.04 bits per heavy atom. The van der Waals surface area contributed by atoms with E-state index in [2.05, 4.69) is 10.2 Å². The fourth-order valence-corrected chi connectivity index (χ4v) is 3.49. The molecule has 0 unspecified atom stereocenters. The van der Waals surface area contributed by atoms with Gasteiger partial charge in [0.15, 0.2) is 0 Å². The number of nitro benzene ring substituents is 1. The van der Waals surface area contributed by atoms with Crippen LogP contribution in [0.3, 0.4) is 0 Å². The van der Waals surface area contributed by atoms with Gasteiger partial charge in [0, 0.05) is 25.2 Å². The van der Waals surface area contributed by atoms with Crippen molar-refractivity contribution in [1.82, 2.24) is 4.90 Å². The number of hydrogen-bond acceptors (Lipinski definition) is 7. The summed E-state index contributed by atoms with van der Waals surface area (Å²) >= 11 is 0. The van der Waals surface area contributed by atoms with Crippen LogP contribution < -0.4 is 10.5 Å². The second kappa shape index (κ2) is 7.24. The van der Waals surface area contributed by atoms with Crippen LogP contribution in [-0.4, -0.2) is 56.6 Å². The molecular formula is C15H22N4O5S. The van der Waals surface area contributed by atoms with Crippen LogP contribution in [0.25, 0.3) is 0 Å². The van der Waals surface area contributed by atoms with Gasteiger partial charge in [-0.1, -0.05) is 0 Å².